The number of amides is 4. The monoisotopic (exact) mass is 254 g/mol. The third-order valence-electron chi connectivity index (χ3n) is 1.61. The summed E-state index contributed by atoms with van der Waals surface area (Å²) >= 11 is 0. The summed E-state index contributed by atoms with van der Waals surface area (Å²) in [5.74, 6) is -0.928. The lowest BCUT2D eigenvalue weighted by atomic mass is 10.2. The number of carbonyl (C=O) groups excluding carboxylic acids is 3. The maximum atomic E-state index is 11.5. The first-order valence-electron chi connectivity index (χ1n) is 4.58. The molecule has 96 valence electrons. The minimum Gasteiger partial charge on any atom is -0.377 e. The van der Waals surface area contributed by atoms with Crippen molar-refractivity contribution in [2.45, 2.75) is 0 Å². The molecular formula is C9H10N4O5. The normalized spacial score (nSPS) is 9.11. The Hall–Kier alpha value is -2.97. The Bertz CT molecular complexity index is 476. The van der Waals surface area contributed by atoms with Gasteiger partial charge in [-0.2, -0.15) is 11.0 Å². The Kier molecular flexibility index (Phi) is 4.32. The van der Waals surface area contributed by atoms with E-state index in [2.05, 4.69) is 4.84 Å². The van der Waals surface area contributed by atoms with Gasteiger partial charge >= 0.3 is 18.0 Å². The van der Waals surface area contributed by atoms with Crippen molar-refractivity contribution < 1.29 is 24.1 Å². The van der Waals surface area contributed by atoms with Crippen LogP contribution < -0.4 is 27.3 Å². The zero-order valence-electron chi connectivity index (χ0n) is 9.01. The van der Waals surface area contributed by atoms with Crippen LogP contribution in [0.5, 0.6) is 5.75 Å². The van der Waals surface area contributed by atoms with Crippen LogP contribution in [-0.2, 0) is 4.84 Å². The van der Waals surface area contributed by atoms with Crippen molar-refractivity contribution in [1.29, 1.82) is 0 Å². The van der Waals surface area contributed by atoms with Gasteiger partial charge in [-0.05, 0) is 12.1 Å². The van der Waals surface area contributed by atoms with Crippen LogP contribution in [0.2, 0.25) is 0 Å². The zero-order valence-corrected chi connectivity index (χ0v) is 9.01. The molecule has 0 aliphatic heterocycles. The molecule has 9 heteroatoms. The van der Waals surface area contributed by atoms with E-state index in [0.29, 0.717) is 0 Å². The first-order valence-corrected chi connectivity index (χ1v) is 4.58. The molecule has 0 unspecified atom stereocenters. The fourth-order valence-corrected chi connectivity index (χ4v) is 0.981. The highest BCUT2D eigenvalue weighted by molar-refractivity contribution is 5.93. The number of benzene rings is 1. The molecule has 0 radical (unpaired) electrons. The lowest BCUT2D eigenvalue weighted by molar-refractivity contribution is 0.0328. The van der Waals surface area contributed by atoms with Gasteiger partial charge in [0.2, 0.25) is 0 Å². The minimum atomic E-state index is -1.03. The number of hydrogen-bond acceptors (Lipinski definition) is 5. The van der Waals surface area contributed by atoms with E-state index in [4.69, 9.17) is 16.3 Å². The van der Waals surface area contributed by atoms with Crippen LogP contribution in [0.1, 0.15) is 10.4 Å². The molecule has 0 atom stereocenters. The summed E-state index contributed by atoms with van der Waals surface area (Å²) in [6, 6.07) is 3.85. The van der Waals surface area contributed by atoms with Crippen LogP contribution in [0, 0.1) is 0 Å². The van der Waals surface area contributed by atoms with Crippen LogP contribution in [0.4, 0.5) is 9.59 Å². The van der Waals surface area contributed by atoms with Gasteiger partial charge in [0.15, 0.2) is 5.75 Å². The number of nitrogens with two attached hydrogens (primary N) is 2. The standard InChI is InChI=1S/C9H10N4O5/c10-8(15)12-17-6-4-2-1-3-5(6)7(14)18-13-9(11)16/h1-4H,(H3,10,12,15)(H3,11,13,16). The summed E-state index contributed by atoms with van der Waals surface area (Å²) in [4.78, 5) is 41.4. The third-order valence-corrected chi connectivity index (χ3v) is 1.61. The van der Waals surface area contributed by atoms with Crippen molar-refractivity contribution in [3.63, 3.8) is 0 Å². The van der Waals surface area contributed by atoms with Crippen LogP contribution in [-0.4, -0.2) is 18.0 Å². The van der Waals surface area contributed by atoms with Gasteiger partial charge in [-0.25, -0.2) is 14.4 Å². The zero-order chi connectivity index (χ0) is 13.5. The molecule has 0 saturated carbocycles. The average molecular weight is 254 g/mol. The van der Waals surface area contributed by atoms with Crippen molar-refractivity contribution in [2.24, 2.45) is 11.5 Å². The van der Waals surface area contributed by atoms with Gasteiger partial charge in [0.25, 0.3) is 0 Å². The number of rotatable bonds is 3. The number of para-hydroxylation sites is 1. The smallest absolute Gasteiger partial charge is 0.366 e. The second-order valence-electron chi connectivity index (χ2n) is 2.92. The van der Waals surface area contributed by atoms with Gasteiger partial charge < -0.3 is 21.1 Å². The summed E-state index contributed by atoms with van der Waals surface area (Å²) in [6.45, 7) is 0. The van der Waals surface area contributed by atoms with Crippen LogP contribution in [0.3, 0.4) is 0 Å². The quantitative estimate of drug-likeness (QED) is 0.531. The topological polar surface area (TPSA) is 146 Å². The Morgan fingerprint density at radius 1 is 1.00 bits per heavy atom. The lowest BCUT2D eigenvalue weighted by Crippen LogP contribution is -2.34. The van der Waals surface area contributed by atoms with Crippen LogP contribution >= 0.6 is 0 Å². The molecule has 18 heavy (non-hydrogen) atoms. The number of nitrogens with one attached hydrogen (secondary N) is 2. The Labute approximate surface area is 101 Å². The largest absolute Gasteiger partial charge is 0.377 e. The van der Waals surface area contributed by atoms with Crippen LogP contribution in [0.25, 0.3) is 0 Å². The van der Waals surface area contributed by atoms with E-state index < -0.39 is 18.0 Å². The molecule has 0 bridgehead atoms. The van der Waals surface area contributed by atoms with Crippen molar-refractivity contribution in [2.75, 3.05) is 0 Å². The molecule has 0 saturated heterocycles. The molecule has 0 aliphatic carbocycles. The minimum absolute atomic E-state index is 0.00688. The van der Waals surface area contributed by atoms with Crippen molar-refractivity contribution in [1.82, 2.24) is 11.0 Å². The molecule has 1 aromatic carbocycles. The van der Waals surface area contributed by atoms with Crippen molar-refractivity contribution in [3.8, 4) is 5.75 Å². The highest BCUT2D eigenvalue weighted by atomic mass is 16.7. The number of hydroxylamine groups is 2. The Morgan fingerprint density at radius 2 is 1.61 bits per heavy atom. The van der Waals surface area contributed by atoms with E-state index in [9.17, 15) is 14.4 Å². The molecule has 0 fully saturated rings. The first-order chi connectivity index (χ1) is 8.50. The second kappa shape index (κ2) is 5.94. The molecule has 1 rings (SSSR count). The summed E-state index contributed by atoms with van der Waals surface area (Å²) < 4.78 is 0. The molecule has 6 N–H and O–H groups in total. The Morgan fingerprint density at radius 3 is 2.22 bits per heavy atom. The van der Waals surface area contributed by atoms with Gasteiger partial charge in [-0.3, -0.25) is 0 Å². The molecule has 9 nitrogen and oxygen atoms in total. The van der Waals surface area contributed by atoms with Crippen molar-refractivity contribution >= 4 is 18.0 Å². The van der Waals surface area contributed by atoms with E-state index in [1.165, 1.54) is 18.2 Å². The number of urea groups is 2. The number of carbonyl (C=O) groups is 3. The fraction of sp³-hybridized carbons (Fsp3) is 0. The molecule has 0 heterocycles. The van der Waals surface area contributed by atoms with Gasteiger partial charge in [0, 0.05) is 0 Å². The highest BCUT2D eigenvalue weighted by Crippen LogP contribution is 2.17. The van der Waals surface area contributed by atoms with E-state index in [0.717, 1.165) is 0 Å². The molecular weight excluding hydrogens is 244 g/mol. The van der Waals surface area contributed by atoms with E-state index in [1.54, 1.807) is 11.5 Å². The van der Waals surface area contributed by atoms with E-state index in [1.807, 2.05) is 5.48 Å². The summed E-state index contributed by atoms with van der Waals surface area (Å²) in [5.41, 5.74) is 13.0. The molecule has 0 aliphatic rings. The number of primary amides is 2. The fourth-order valence-electron chi connectivity index (χ4n) is 0.981. The molecule has 0 aromatic heterocycles. The lowest BCUT2D eigenvalue weighted by Gasteiger charge is -2.09. The SMILES string of the molecule is NC(=O)NOC(=O)c1ccccc1ONC(N)=O. The summed E-state index contributed by atoms with van der Waals surface area (Å²) in [6.07, 6.45) is 0. The molecule has 4 amide bonds. The second-order valence-corrected chi connectivity index (χ2v) is 2.92. The van der Waals surface area contributed by atoms with Crippen molar-refractivity contribution in [3.05, 3.63) is 29.8 Å². The van der Waals surface area contributed by atoms with Crippen LogP contribution in [0.15, 0.2) is 24.3 Å². The molecule has 0 spiro atoms. The molecule has 1 aromatic rings. The van der Waals surface area contributed by atoms with Gasteiger partial charge in [0.1, 0.15) is 5.56 Å². The van der Waals surface area contributed by atoms with Gasteiger partial charge in [-0.15, -0.1) is 0 Å². The van der Waals surface area contributed by atoms with Gasteiger partial charge in [0.05, 0.1) is 0 Å². The predicted molar refractivity (Wildman–Crippen MR) is 57.9 cm³/mol. The maximum absolute atomic E-state index is 11.5. The van der Waals surface area contributed by atoms with Gasteiger partial charge in [-0.1, -0.05) is 12.1 Å². The highest BCUT2D eigenvalue weighted by Gasteiger charge is 2.15. The average Bonchev–Trinajstić information content (AvgIpc) is 2.33. The third kappa shape index (κ3) is 3.89. The predicted octanol–water partition coefficient (Wildman–Crippen LogP) is -0.611. The summed E-state index contributed by atoms with van der Waals surface area (Å²) in [5, 5.41) is 0. The summed E-state index contributed by atoms with van der Waals surface area (Å²) in [7, 11) is 0. The van der Waals surface area contributed by atoms with E-state index in [-0.39, 0.29) is 11.3 Å². The van der Waals surface area contributed by atoms with E-state index >= 15 is 0 Å². The first kappa shape index (κ1) is 13.1. The Balaban J connectivity index is 2.77. The maximum Gasteiger partial charge on any atom is 0.366 e. The number of hydrogen-bond donors (Lipinski definition) is 4.